The van der Waals surface area contributed by atoms with Gasteiger partial charge in [-0.25, -0.2) is 0 Å². The number of esters is 1. The Kier molecular flexibility index (Phi) is 55.0. The molecule has 0 aliphatic rings. The fourth-order valence-corrected chi connectivity index (χ4v) is 9.46. The first-order valence-electron chi connectivity index (χ1n) is 29.9. The zero-order chi connectivity index (χ0) is 47.9. The molecule has 6 nitrogen and oxygen atoms in total. The third kappa shape index (κ3) is 52.0. The highest BCUT2D eigenvalue weighted by Crippen LogP contribution is 2.18. The normalized spacial score (nSPS) is 12.6. The maximum Gasteiger partial charge on any atom is 0.305 e. The van der Waals surface area contributed by atoms with E-state index in [1.807, 2.05) is 0 Å². The van der Waals surface area contributed by atoms with Gasteiger partial charge in [0.05, 0.1) is 25.4 Å². The molecule has 0 aromatic rings. The highest BCUT2D eigenvalue weighted by Gasteiger charge is 2.20. The van der Waals surface area contributed by atoms with Gasteiger partial charge in [-0.15, -0.1) is 0 Å². The van der Waals surface area contributed by atoms with E-state index in [4.69, 9.17) is 4.74 Å². The first-order valence-corrected chi connectivity index (χ1v) is 29.9. The van der Waals surface area contributed by atoms with Gasteiger partial charge in [0.1, 0.15) is 0 Å². The molecule has 0 aromatic heterocycles. The molecular formula is C60H117NO5. The van der Waals surface area contributed by atoms with E-state index in [1.165, 1.54) is 231 Å². The highest BCUT2D eigenvalue weighted by molar-refractivity contribution is 5.76. The van der Waals surface area contributed by atoms with Crippen molar-refractivity contribution >= 4 is 11.9 Å². The van der Waals surface area contributed by atoms with E-state index in [1.54, 1.807) is 0 Å². The summed E-state index contributed by atoms with van der Waals surface area (Å²) in [6.45, 7) is 4.94. The summed E-state index contributed by atoms with van der Waals surface area (Å²) in [6.07, 6.45) is 66.4. The molecule has 2 unspecified atom stereocenters. The minimum absolute atomic E-state index is 0.00925. The van der Waals surface area contributed by atoms with Crippen LogP contribution in [0.1, 0.15) is 335 Å². The van der Waals surface area contributed by atoms with E-state index in [2.05, 4.69) is 31.3 Å². The van der Waals surface area contributed by atoms with E-state index >= 15 is 0 Å². The van der Waals surface area contributed by atoms with Crippen LogP contribution in [0.5, 0.6) is 0 Å². The second-order valence-electron chi connectivity index (χ2n) is 20.7. The van der Waals surface area contributed by atoms with Gasteiger partial charge in [0, 0.05) is 12.8 Å². The minimum Gasteiger partial charge on any atom is -0.466 e. The Morgan fingerprint density at radius 3 is 1.09 bits per heavy atom. The van der Waals surface area contributed by atoms with E-state index in [0.29, 0.717) is 25.9 Å². The number of amides is 1. The van der Waals surface area contributed by atoms with E-state index in [9.17, 15) is 19.8 Å². The first-order chi connectivity index (χ1) is 32.5. The molecule has 2 atom stereocenters. The van der Waals surface area contributed by atoms with Gasteiger partial charge < -0.3 is 20.3 Å². The lowest BCUT2D eigenvalue weighted by molar-refractivity contribution is -0.143. The third-order valence-electron chi connectivity index (χ3n) is 14.1. The maximum atomic E-state index is 12.5. The molecule has 66 heavy (non-hydrogen) atoms. The number of carbonyl (C=O) groups is 2. The Balaban J connectivity index is 3.47. The predicted molar refractivity (Wildman–Crippen MR) is 287 cm³/mol. The van der Waals surface area contributed by atoms with Crippen molar-refractivity contribution in [1.29, 1.82) is 0 Å². The Hall–Kier alpha value is -1.40. The van der Waals surface area contributed by atoms with Crippen molar-refractivity contribution in [2.75, 3.05) is 13.2 Å². The summed E-state index contributed by atoms with van der Waals surface area (Å²) in [5, 5.41) is 23.3. The average Bonchev–Trinajstić information content (AvgIpc) is 3.32. The standard InChI is InChI=1S/C60H117NO5/c1-3-5-7-9-11-13-15-17-19-20-21-22-23-24-25-26-28-32-36-40-44-48-52-58(63)57(56-62)61-59(64)53-49-45-41-37-33-29-27-31-35-39-43-47-51-55-66-60(65)54-50-46-42-38-34-30-18-16-14-12-10-8-6-4-2/h29,33,57-58,62-63H,3-28,30-32,34-56H2,1-2H3,(H,61,64)/b33-29-. The minimum atomic E-state index is -0.681. The van der Waals surface area contributed by atoms with Crippen LogP contribution in [0.2, 0.25) is 0 Å². The van der Waals surface area contributed by atoms with Crippen molar-refractivity contribution < 1.29 is 24.5 Å². The molecule has 392 valence electrons. The summed E-state index contributed by atoms with van der Waals surface area (Å²) in [5.41, 5.74) is 0. The number of carbonyl (C=O) groups excluding carboxylic acids is 2. The molecule has 0 aliphatic carbocycles. The molecule has 0 radical (unpaired) electrons. The number of rotatable bonds is 56. The van der Waals surface area contributed by atoms with Gasteiger partial charge in [0.2, 0.25) is 5.91 Å². The number of aliphatic hydroxyl groups is 2. The molecule has 0 saturated carbocycles. The van der Waals surface area contributed by atoms with Crippen LogP contribution >= 0.6 is 0 Å². The number of aliphatic hydroxyl groups excluding tert-OH is 2. The summed E-state index contributed by atoms with van der Waals surface area (Å²) >= 11 is 0. The molecule has 3 N–H and O–H groups in total. The van der Waals surface area contributed by atoms with Crippen LogP contribution in [0.25, 0.3) is 0 Å². The summed E-state index contributed by atoms with van der Waals surface area (Å²) < 4.78 is 5.47. The largest absolute Gasteiger partial charge is 0.466 e. The van der Waals surface area contributed by atoms with Crippen LogP contribution in [0.4, 0.5) is 0 Å². The molecule has 0 rings (SSSR count). The van der Waals surface area contributed by atoms with Gasteiger partial charge in [0.25, 0.3) is 0 Å². The van der Waals surface area contributed by atoms with Crippen LogP contribution in [0.3, 0.4) is 0 Å². The lowest BCUT2D eigenvalue weighted by Gasteiger charge is -2.22. The second kappa shape index (κ2) is 56.2. The Morgan fingerprint density at radius 1 is 0.409 bits per heavy atom. The fraction of sp³-hybridized carbons (Fsp3) is 0.933. The molecule has 0 fully saturated rings. The summed E-state index contributed by atoms with van der Waals surface area (Å²) in [6, 6.07) is -0.562. The van der Waals surface area contributed by atoms with Crippen molar-refractivity contribution in [3.63, 3.8) is 0 Å². The highest BCUT2D eigenvalue weighted by atomic mass is 16.5. The first kappa shape index (κ1) is 64.6. The van der Waals surface area contributed by atoms with Crippen molar-refractivity contribution in [2.24, 2.45) is 0 Å². The van der Waals surface area contributed by atoms with Crippen LogP contribution in [0.15, 0.2) is 12.2 Å². The molecule has 6 heteroatoms. The third-order valence-corrected chi connectivity index (χ3v) is 14.1. The van der Waals surface area contributed by atoms with Crippen LogP contribution in [0, 0.1) is 0 Å². The van der Waals surface area contributed by atoms with E-state index < -0.39 is 12.1 Å². The molecule has 0 saturated heterocycles. The Labute approximate surface area is 412 Å². The van der Waals surface area contributed by atoms with Crippen LogP contribution < -0.4 is 5.32 Å². The number of allylic oxidation sites excluding steroid dienone is 2. The fourth-order valence-electron chi connectivity index (χ4n) is 9.46. The molecule has 0 aromatic carbocycles. The van der Waals surface area contributed by atoms with Gasteiger partial charge in [-0.05, 0) is 51.4 Å². The van der Waals surface area contributed by atoms with Gasteiger partial charge in [-0.3, -0.25) is 9.59 Å². The lowest BCUT2D eigenvalue weighted by Crippen LogP contribution is -2.45. The van der Waals surface area contributed by atoms with E-state index in [0.717, 1.165) is 70.6 Å². The average molecular weight is 933 g/mol. The molecule has 1 amide bonds. The molecule has 0 aliphatic heterocycles. The number of ether oxygens (including phenoxy) is 1. The van der Waals surface area contributed by atoms with Crippen molar-refractivity contribution in [1.82, 2.24) is 5.32 Å². The zero-order valence-corrected chi connectivity index (χ0v) is 44.7. The zero-order valence-electron chi connectivity index (χ0n) is 44.7. The van der Waals surface area contributed by atoms with Crippen molar-refractivity contribution in [2.45, 2.75) is 347 Å². The van der Waals surface area contributed by atoms with Crippen molar-refractivity contribution in [3.05, 3.63) is 12.2 Å². The molecule has 0 spiro atoms. The number of hydrogen-bond acceptors (Lipinski definition) is 5. The smallest absolute Gasteiger partial charge is 0.305 e. The summed E-state index contributed by atoms with van der Waals surface area (Å²) in [7, 11) is 0. The monoisotopic (exact) mass is 932 g/mol. The summed E-state index contributed by atoms with van der Waals surface area (Å²) in [5.74, 6) is -0.0702. The molecule has 0 heterocycles. The van der Waals surface area contributed by atoms with Gasteiger partial charge in [-0.2, -0.15) is 0 Å². The van der Waals surface area contributed by atoms with Crippen LogP contribution in [-0.2, 0) is 14.3 Å². The Bertz CT molecular complexity index is 986. The van der Waals surface area contributed by atoms with Crippen LogP contribution in [-0.4, -0.2) is 47.4 Å². The van der Waals surface area contributed by atoms with E-state index in [-0.39, 0.29) is 18.5 Å². The number of unbranched alkanes of at least 4 members (excludes halogenated alkanes) is 43. The SMILES string of the molecule is CCCCCCCCCCCCCCCCCCCCCCCCC(O)C(CO)NC(=O)CCCCC/C=C\CCCCCCCCOC(=O)CCCCCCCCCCCCCCCC. The van der Waals surface area contributed by atoms with Gasteiger partial charge in [0.15, 0.2) is 0 Å². The number of hydrogen-bond donors (Lipinski definition) is 3. The Morgan fingerprint density at radius 2 is 0.712 bits per heavy atom. The molecule has 0 bridgehead atoms. The lowest BCUT2D eigenvalue weighted by atomic mass is 10.0. The quantitative estimate of drug-likeness (QED) is 0.0321. The molecular weight excluding hydrogens is 815 g/mol. The predicted octanol–water partition coefficient (Wildman–Crippen LogP) is 18.5. The van der Waals surface area contributed by atoms with Crippen molar-refractivity contribution in [3.8, 4) is 0 Å². The topological polar surface area (TPSA) is 95.9 Å². The van der Waals surface area contributed by atoms with Gasteiger partial charge in [-0.1, -0.05) is 283 Å². The second-order valence-corrected chi connectivity index (χ2v) is 20.7. The maximum absolute atomic E-state index is 12.5. The number of nitrogens with one attached hydrogen (secondary N) is 1. The summed E-state index contributed by atoms with van der Waals surface area (Å²) in [4.78, 5) is 24.5. The van der Waals surface area contributed by atoms with Gasteiger partial charge >= 0.3 is 5.97 Å².